The first-order valence-corrected chi connectivity index (χ1v) is 14.3. The molecule has 4 aliphatic rings. The van der Waals surface area contributed by atoms with Gasteiger partial charge in [-0.3, -0.25) is 9.59 Å². The van der Waals surface area contributed by atoms with Gasteiger partial charge in [0.1, 0.15) is 0 Å². The first-order chi connectivity index (χ1) is 17.7. The molecule has 5 rings (SSSR count). The summed E-state index contributed by atoms with van der Waals surface area (Å²) >= 11 is 12.5. The summed E-state index contributed by atoms with van der Waals surface area (Å²) in [6, 6.07) is 5.30. The molecule has 0 spiro atoms. The quantitative estimate of drug-likeness (QED) is 0.469. The number of halogens is 2. The predicted octanol–water partition coefficient (Wildman–Crippen LogP) is 5.20. The molecular formula is C28H37Cl2N3O4. The molecule has 2 atom stereocenters. The highest BCUT2D eigenvalue weighted by molar-refractivity contribution is 6.42. The second kappa shape index (κ2) is 10.6. The smallest absolute Gasteiger partial charge is 0.409 e. The van der Waals surface area contributed by atoms with Crippen molar-refractivity contribution in [2.45, 2.75) is 63.8 Å². The van der Waals surface area contributed by atoms with Crippen molar-refractivity contribution in [2.24, 2.45) is 17.3 Å². The number of likely N-dealkylation sites (N-methyl/N-ethyl adjacent to an activating group) is 1. The molecule has 2 aliphatic carbocycles. The van der Waals surface area contributed by atoms with E-state index in [1.165, 1.54) is 12.8 Å². The minimum atomic E-state index is -0.356. The molecule has 3 amide bonds. The van der Waals surface area contributed by atoms with E-state index in [4.69, 9.17) is 27.9 Å². The van der Waals surface area contributed by atoms with Crippen LogP contribution in [0.2, 0.25) is 10.0 Å². The van der Waals surface area contributed by atoms with E-state index in [0.717, 1.165) is 24.8 Å². The fourth-order valence-electron chi connectivity index (χ4n) is 5.76. The number of carbonyl (C=O) groups is 3. The Hall–Kier alpha value is -1.99. The van der Waals surface area contributed by atoms with Crippen LogP contribution in [0.25, 0.3) is 0 Å². The van der Waals surface area contributed by atoms with Gasteiger partial charge in [-0.15, -0.1) is 0 Å². The normalized spacial score (nSPS) is 25.2. The summed E-state index contributed by atoms with van der Waals surface area (Å²) in [6.07, 6.45) is 6.28. The lowest BCUT2D eigenvalue weighted by Gasteiger charge is -2.34. The molecule has 2 saturated heterocycles. The summed E-state index contributed by atoms with van der Waals surface area (Å²) < 4.78 is 5.57. The van der Waals surface area contributed by atoms with Crippen LogP contribution in [0.4, 0.5) is 4.79 Å². The van der Waals surface area contributed by atoms with Crippen LogP contribution in [0.3, 0.4) is 0 Å². The molecule has 0 N–H and O–H groups in total. The van der Waals surface area contributed by atoms with Crippen LogP contribution in [0.5, 0.6) is 0 Å². The minimum Gasteiger partial charge on any atom is -0.449 e. The van der Waals surface area contributed by atoms with Crippen molar-refractivity contribution >= 4 is 41.1 Å². The Balaban J connectivity index is 1.25. The lowest BCUT2D eigenvalue weighted by atomic mass is 9.93. The summed E-state index contributed by atoms with van der Waals surface area (Å²) in [5.41, 5.74) is 0.773. The summed E-state index contributed by atoms with van der Waals surface area (Å²) in [7, 11) is 1.76. The van der Waals surface area contributed by atoms with Crippen LogP contribution in [-0.2, 0) is 14.3 Å². The standard InChI is InChI=1S/C28H37Cl2N3O4/c1-28(10-11-28)26(35)32-12-7-19(8-13-32)25(34)33-16-21(20-5-6-22(29)23(30)15-20)24(17-33)31(2)27(36)37-14-9-18-3-4-18/h5-6,15,18-19,21,24H,3-4,7-14,16-17H2,1-2H3. The zero-order chi connectivity index (χ0) is 26.3. The van der Waals surface area contributed by atoms with Crippen molar-refractivity contribution in [2.75, 3.05) is 39.8 Å². The molecule has 7 nitrogen and oxygen atoms in total. The Labute approximate surface area is 229 Å². The van der Waals surface area contributed by atoms with E-state index in [0.29, 0.717) is 61.6 Å². The predicted molar refractivity (Wildman–Crippen MR) is 143 cm³/mol. The molecule has 2 saturated carbocycles. The summed E-state index contributed by atoms with van der Waals surface area (Å²) in [6.45, 7) is 4.66. The van der Waals surface area contributed by atoms with Gasteiger partial charge < -0.3 is 19.4 Å². The topological polar surface area (TPSA) is 70.2 Å². The van der Waals surface area contributed by atoms with Crippen LogP contribution in [0.15, 0.2) is 18.2 Å². The van der Waals surface area contributed by atoms with Crippen LogP contribution >= 0.6 is 23.2 Å². The minimum absolute atomic E-state index is 0.101. The fraction of sp³-hybridized carbons (Fsp3) is 0.679. The van der Waals surface area contributed by atoms with E-state index in [1.807, 2.05) is 28.9 Å². The Morgan fingerprint density at radius 3 is 2.35 bits per heavy atom. The van der Waals surface area contributed by atoms with E-state index in [9.17, 15) is 14.4 Å². The fourth-order valence-corrected chi connectivity index (χ4v) is 6.06. The largest absolute Gasteiger partial charge is 0.449 e. The van der Waals surface area contributed by atoms with E-state index in [2.05, 4.69) is 0 Å². The number of benzene rings is 1. The van der Waals surface area contributed by atoms with Crippen LogP contribution in [0, 0.1) is 17.3 Å². The second-order valence-electron chi connectivity index (χ2n) is 11.7. The van der Waals surface area contributed by atoms with E-state index in [-0.39, 0.29) is 41.2 Å². The van der Waals surface area contributed by atoms with Gasteiger partial charge in [-0.05, 0) is 55.7 Å². The number of hydrogen-bond donors (Lipinski definition) is 0. The van der Waals surface area contributed by atoms with Crippen molar-refractivity contribution in [3.8, 4) is 0 Å². The van der Waals surface area contributed by atoms with Gasteiger partial charge in [0.15, 0.2) is 0 Å². The summed E-state index contributed by atoms with van der Waals surface area (Å²) in [4.78, 5) is 44.7. The van der Waals surface area contributed by atoms with E-state index < -0.39 is 0 Å². The third-order valence-electron chi connectivity index (χ3n) is 8.85. The zero-order valence-corrected chi connectivity index (χ0v) is 23.3. The number of nitrogens with zero attached hydrogens (tertiary/aromatic N) is 3. The number of piperidine rings is 1. The molecule has 202 valence electrons. The lowest BCUT2D eigenvalue weighted by molar-refractivity contribution is -0.142. The molecule has 4 fully saturated rings. The van der Waals surface area contributed by atoms with Crippen molar-refractivity contribution in [1.82, 2.24) is 14.7 Å². The highest BCUT2D eigenvalue weighted by Gasteiger charge is 2.48. The van der Waals surface area contributed by atoms with Crippen molar-refractivity contribution in [3.05, 3.63) is 33.8 Å². The molecule has 0 radical (unpaired) electrons. The SMILES string of the molecule is CN(C(=O)OCCC1CC1)C1CN(C(=O)C2CCN(C(=O)C3(C)CC3)CC2)CC1c1ccc(Cl)c(Cl)c1. The first kappa shape index (κ1) is 26.6. The average Bonchev–Trinajstić information content (AvgIpc) is 3.83. The average molecular weight is 551 g/mol. The van der Waals surface area contributed by atoms with Gasteiger partial charge in [0.2, 0.25) is 11.8 Å². The third kappa shape index (κ3) is 5.88. The van der Waals surface area contributed by atoms with Crippen molar-refractivity contribution in [3.63, 3.8) is 0 Å². The highest BCUT2D eigenvalue weighted by Crippen LogP contribution is 2.47. The van der Waals surface area contributed by atoms with Gasteiger partial charge >= 0.3 is 6.09 Å². The Bertz CT molecular complexity index is 1050. The molecule has 2 aliphatic heterocycles. The summed E-state index contributed by atoms with van der Waals surface area (Å²) in [5, 5.41) is 0.931. The molecule has 1 aromatic carbocycles. The Morgan fingerprint density at radius 1 is 1.03 bits per heavy atom. The maximum Gasteiger partial charge on any atom is 0.409 e. The number of carbonyl (C=O) groups excluding carboxylic acids is 3. The number of amides is 3. The molecule has 37 heavy (non-hydrogen) atoms. The number of hydrogen-bond acceptors (Lipinski definition) is 4. The van der Waals surface area contributed by atoms with Gasteiger partial charge in [0.25, 0.3) is 0 Å². The van der Waals surface area contributed by atoms with Crippen LogP contribution < -0.4 is 0 Å². The second-order valence-corrected chi connectivity index (χ2v) is 12.5. The molecular weight excluding hydrogens is 513 g/mol. The number of ether oxygens (including phenoxy) is 1. The van der Waals surface area contributed by atoms with Gasteiger partial charge in [0.05, 0.1) is 22.7 Å². The van der Waals surface area contributed by atoms with E-state index >= 15 is 0 Å². The van der Waals surface area contributed by atoms with Gasteiger partial charge in [-0.2, -0.15) is 0 Å². The van der Waals surface area contributed by atoms with Crippen LogP contribution in [-0.4, -0.2) is 78.5 Å². The van der Waals surface area contributed by atoms with E-state index in [1.54, 1.807) is 18.0 Å². The van der Waals surface area contributed by atoms with Crippen molar-refractivity contribution in [1.29, 1.82) is 0 Å². The molecule has 2 heterocycles. The van der Waals surface area contributed by atoms with Gasteiger partial charge in [-0.1, -0.05) is 49.0 Å². The summed E-state index contributed by atoms with van der Waals surface area (Å²) in [5.74, 6) is 0.820. The van der Waals surface area contributed by atoms with Crippen LogP contribution in [0.1, 0.15) is 63.4 Å². The maximum atomic E-state index is 13.6. The monoisotopic (exact) mass is 549 g/mol. The molecule has 0 bridgehead atoms. The highest BCUT2D eigenvalue weighted by atomic mass is 35.5. The van der Waals surface area contributed by atoms with Gasteiger partial charge in [-0.25, -0.2) is 4.79 Å². The van der Waals surface area contributed by atoms with Crippen molar-refractivity contribution < 1.29 is 19.1 Å². The molecule has 0 aromatic heterocycles. The third-order valence-corrected chi connectivity index (χ3v) is 9.59. The molecule has 9 heteroatoms. The first-order valence-electron chi connectivity index (χ1n) is 13.6. The molecule has 1 aromatic rings. The molecule has 2 unspecified atom stereocenters. The number of rotatable bonds is 7. The lowest BCUT2D eigenvalue weighted by Crippen LogP contribution is -2.46. The number of likely N-dealkylation sites (tertiary alicyclic amines) is 2. The Kier molecular flexibility index (Phi) is 7.65. The Morgan fingerprint density at radius 2 is 1.73 bits per heavy atom. The zero-order valence-electron chi connectivity index (χ0n) is 21.8. The van der Waals surface area contributed by atoms with Gasteiger partial charge in [0, 0.05) is 50.5 Å². The maximum absolute atomic E-state index is 13.6.